The fraction of sp³-hybridized carbons (Fsp3) is 0.333. The van der Waals surface area contributed by atoms with Crippen LogP contribution in [0.5, 0.6) is 6.01 Å². The summed E-state index contributed by atoms with van der Waals surface area (Å²) in [5, 5.41) is 0.777. The molecule has 27 heavy (non-hydrogen) atoms. The van der Waals surface area contributed by atoms with E-state index in [4.69, 9.17) is 27.9 Å². The number of fused-ring (bicyclic) bond motifs is 1. The highest BCUT2D eigenvalue weighted by Crippen LogP contribution is 2.23. The van der Waals surface area contributed by atoms with E-state index in [2.05, 4.69) is 21.9 Å². The number of aromatic amines is 1. The van der Waals surface area contributed by atoms with Crippen molar-refractivity contribution < 1.29 is 4.74 Å². The number of rotatable bonds is 6. The molecule has 0 unspecified atom stereocenters. The first kappa shape index (κ1) is 19.4. The smallest absolute Gasteiger partial charge is 0.318 e. The number of nitrogens with one attached hydrogen (secondary N) is 1. The van der Waals surface area contributed by atoms with Gasteiger partial charge in [0.15, 0.2) is 5.65 Å². The van der Waals surface area contributed by atoms with Crippen molar-refractivity contribution >= 4 is 34.4 Å². The predicted octanol–water partition coefficient (Wildman–Crippen LogP) is 3.32. The van der Waals surface area contributed by atoms with Crippen LogP contribution in [0.2, 0.25) is 10.0 Å². The molecule has 3 rings (SSSR count). The van der Waals surface area contributed by atoms with Crippen LogP contribution in [0.15, 0.2) is 27.8 Å². The Labute approximate surface area is 164 Å². The lowest BCUT2D eigenvalue weighted by Gasteiger charge is -2.12. The minimum absolute atomic E-state index is 0.112. The number of benzene rings is 1. The van der Waals surface area contributed by atoms with Crippen LogP contribution < -0.4 is 15.9 Å². The molecular weight excluding hydrogens is 391 g/mol. The van der Waals surface area contributed by atoms with Crippen molar-refractivity contribution in [3.63, 3.8) is 0 Å². The summed E-state index contributed by atoms with van der Waals surface area (Å²) in [7, 11) is 0. The topological polar surface area (TPSA) is 89.9 Å². The van der Waals surface area contributed by atoms with Crippen LogP contribution in [-0.4, -0.2) is 26.1 Å². The van der Waals surface area contributed by atoms with Crippen LogP contribution in [0.4, 0.5) is 0 Å². The quantitative estimate of drug-likeness (QED) is 0.498. The van der Waals surface area contributed by atoms with E-state index < -0.39 is 11.1 Å². The fourth-order valence-electron chi connectivity index (χ4n) is 2.60. The molecule has 0 spiro atoms. The summed E-state index contributed by atoms with van der Waals surface area (Å²) in [5.74, 6) is 0. The highest BCUT2D eigenvalue weighted by Gasteiger charge is 2.15. The molecule has 1 N–H and O–H groups in total. The van der Waals surface area contributed by atoms with E-state index in [1.54, 1.807) is 25.1 Å². The molecular formula is C18H18Cl2N4O3. The van der Waals surface area contributed by atoms with E-state index in [9.17, 15) is 9.59 Å². The average Bonchev–Trinajstić information content (AvgIpc) is 2.63. The van der Waals surface area contributed by atoms with Gasteiger partial charge in [0.2, 0.25) is 0 Å². The van der Waals surface area contributed by atoms with Gasteiger partial charge < -0.3 is 9.72 Å². The van der Waals surface area contributed by atoms with Crippen molar-refractivity contribution in [1.82, 2.24) is 19.5 Å². The van der Waals surface area contributed by atoms with Crippen molar-refractivity contribution in [3.8, 4) is 6.01 Å². The number of hydrogen-bond donors (Lipinski definition) is 1. The van der Waals surface area contributed by atoms with Crippen molar-refractivity contribution in [3.05, 3.63) is 60.2 Å². The summed E-state index contributed by atoms with van der Waals surface area (Å²) in [6, 6.07) is 5.19. The molecule has 0 aliphatic heterocycles. The third-order valence-corrected chi connectivity index (χ3v) is 4.78. The highest BCUT2D eigenvalue weighted by molar-refractivity contribution is 6.42. The van der Waals surface area contributed by atoms with Crippen molar-refractivity contribution in [2.45, 2.75) is 33.2 Å². The summed E-state index contributed by atoms with van der Waals surface area (Å²) in [4.78, 5) is 35.7. The minimum Gasteiger partial charge on any atom is -0.463 e. The zero-order chi connectivity index (χ0) is 19.6. The minimum atomic E-state index is -0.742. The van der Waals surface area contributed by atoms with Gasteiger partial charge in [-0.3, -0.25) is 14.2 Å². The zero-order valence-corrected chi connectivity index (χ0v) is 16.4. The molecule has 0 aliphatic rings. The SMILES string of the molecule is CCCCOc1nc(C)c2[nH]c(=O)c(=O)n(Cc3ccc(Cl)c(Cl)c3)c2n1. The Balaban J connectivity index is 2.13. The molecule has 2 heterocycles. The second-order valence-electron chi connectivity index (χ2n) is 6.09. The summed E-state index contributed by atoms with van der Waals surface area (Å²) >= 11 is 12.0. The molecule has 0 aliphatic carbocycles. The van der Waals surface area contributed by atoms with E-state index in [0.29, 0.717) is 39.1 Å². The first-order valence-corrected chi connectivity index (χ1v) is 9.24. The zero-order valence-electron chi connectivity index (χ0n) is 14.9. The highest BCUT2D eigenvalue weighted by atomic mass is 35.5. The van der Waals surface area contributed by atoms with Gasteiger partial charge in [-0.1, -0.05) is 42.6 Å². The van der Waals surface area contributed by atoms with Gasteiger partial charge in [0.1, 0.15) is 5.52 Å². The molecule has 2 aromatic heterocycles. The second-order valence-corrected chi connectivity index (χ2v) is 6.90. The molecule has 0 amide bonds. The third-order valence-electron chi connectivity index (χ3n) is 4.04. The molecule has 0 radical (unpaired) electrons. The van der Waals surface area contributed by atoms with E-state index >= 15 is 0 Å². The number of halogens is 2. The predicted molar refractivity (Wildman–Crippen MR) is 105 cm³/mol. The summed E-state index contributed by atoms with van der Waals surface area (Å²) in [6.07, 6.45) is 1.84. The maximum atomic E-state index is 12.5. The van der Waals surface area contributed by atoms with Crippen LogP contribution in [0.25, 0.3) is 11.2 Å². The summed E-state index contributed by atoms with van der Waals surface area (Å²) < 4.78 is 6.86. The van der Waals surface area contributed by atoms with Gasteiger partial charge in [0, 0.05) is 0 Å². The van der Waals surface area contributed by atoms with E-state index in [0.717, 1.165) is 12.8 Å². The summed E-state index contributed by atoms with van der Waals surface area (Å²) in [6.45, 7) is 4.36. The maximum absolute atomic E-state index is 12.5. The average molecular weight is 409 g/mol. The number of H-pyrrole nitrogens is 1. The van der Waals surface area contributed by atoms with Crippen LogP contribution >= 0.6 is 23.2 Å². The van der Waals surface area contributed by atoms with Gasteiger partial charge in [-0.2, -0.15) is 9.97 Å². The van der Waals surface area contributed by atoms with Gasteiger partial charge in [0.25, 0.3) is 0 Å². The monoisotopic (exact) mass is 408 g/mol. The molecule has 142 valence electrons. The van der Waals surface area contributed by atoms with Gasteiger partial charge >= 0.3 is 17.1 Å². The number of nitrogens with zero attached hydrogens (tertiary/aromatic N) is 3. The van der Waals surface area contributed by atoms with E-state index in [1.165, 1.54) is 4.57 Å². The summed E-state index contributed by atoms with van der Waals surface area (Å²) in [5.41, 5.74) is 0.460. The van der Waals surface area contributed by atoms with E-state index in [1.807, 2.05) is 0 Å². The van der Waals surface area contributed by atoms with Crippen LogP contribution in [0.3, 0.4) is 0 Å². The second kappa shape index (κ2) is 8.10. The lowest BCUT2D eigenvalue weighted by atomic mass is 10.2. The molecule has 3 aromatic rings. The van der Waals surface area contributed by atoms with Gasteiger partial charge in [-0.15, -0.1) is 0 Å². The van der Waals surface area contributed by atoms with Gasteiger partial charge in [0.05, 0.1) is 28.9 Å². The molecule has 0 fully saturated rings. The van der Waals surface area contributed by atoms with Gasteiger partial charge in [-0.05, 0) is 31.0 Å². The van der Waals surface area contributed by atoms with E-state index in [-0.39, 0.29) is 12.6 Å². The Morgan fingerprint density at radius 2 is 1.96 bits per heavy atom. The number of aromatic nitrogens is 4. The first-order valence-electron chi connectivity index (χ1n) is 8.49. The number of aryl methyl sites for hydroxylation is 1. The number of ether oxygens (including phenoxy) is 1. The lowest BCUT2D eigenvalue weighted by molar-refractivity contribution is 0.285. The molecule has 0 saturated heterocycles. The van der Waals surface area contributed by atoms with Crippen LogP contribution in [-0.2, 0) is 6.54 Å². The third kappa shape index (κ3) is 4.14. The van der Waals surface area contributed by atoms with Gasteiger partial charge in [-0.25, -0.2) is 0 Å². The Kier molecular flexibility index (Phi) is 5.82. The Bertz CT molecular complexity index is 1110. The first-order chi connectivity index (χ1) is 12.9. The molecule has 0 saturated carbocycles. The largest absolute Gasteiger partial charge is 0.463 e. The number of unbranched alkanes of at least 4 members (excludes halogenated alkanes) is 1. The molecule has 0 bridgehead atoms. The molecule has 7 nitrogen and oxygen atoms in total. The molecule has 0 atom stereocenters. The lowest BCUT2D eigenvalue weighted by Crippen LogP contribution is -2.37. The fourth-order valence-corrected chi connectivity index (χ4v) is 2.92. The van der Waals surface area contributed by atoms with Crippen LogP contribution in [0.1, 0.15) is 31.0 Å². The number of hydrogen-bond acceptors (Lipinski definition) is 5. The Morgan fingerprint density at radius 1 is 1.19 bits per heavy atom. The Morgan fingerprint density at radius 3 is 2.67 bits per heavy atom. The molecule has 1 aromatic carbocycles. The van der Waals surface area contributed by atoms with Crippen molar-refractivity contribution in [1.29, 1.82) is 0 Å². The maximum Gasteiger partial charge on any atom is 0.318 e. The van der Waals surface area contributed by atoms with Crippen LogP contribution in [0, 0.1) is 6.92 Å². The van der Waals surface area contributed by atoms with Crippen molar-refractivity contribution in [2.24, 2.45) is 0 Å². The Hall–Kier alpha value is -2.38. The standard InChI is InChI=1S/C18H18Cl2N4O3/c1-3-4-7-27-18-21-10(2)14-15(23-18)24(17(26)16(25)22-14)9-11-5-6-12(19)13(20)8-11/h5-6,8H,3-4,7,9H2,1-2H3,(H,22,25). The molecule has 9 heteroatoms. The van der Waals surface area contributed by atoms with Crippen molar-refractivity contribution in [2.75, 3.05) is 6.61 Å². The normalized spacial score (nSPS) is 11.1.